The fourth-order valence-electron chi connectivity index (χ4n) is 2.22. The highest BCUT2D eigenvalue weighted by atomic mass is 127. The predicted octanol–water partition coefficient (Wildman–Crippen LogP) is 1.31. The third kappa shape index (κ3) is 3.54. The minimum Gasteiger partial charge on any atom is -0.395 e. The van der Waals surface area contributed by atoms with Gasteiger partial charge in [-0.15, -0.1) is 0 Å². The van der Waals surface area contributed by atoms with Crippen molar-refractivity contribution in [3.05, 3.63) is 31.9 Å². The average molecular weight is 377 g/mol. The summed E-state index contributed by atoms with van der Waals surface area (Å²) >= 11 is 2.14. The van der Waals surface area contributed by atoms with E-state index in [1.165, 1.54) is 0 Å². The molecular formula is C12H16IN3O3. The van der Waals surface area contributed by atoms with Crippen LogP contribution in [0.1, 0.15) is 0 Å². The van der Waals surface area contributed by atoms with E-state index in [9.17, 15) is 10.1 Å². The molecule has 1 fully saturated rings. The minimum atomic E-state index is -0.370. The third-order valence-electron chi connectivity index (χ3n) is 3.27. The van der Waals surface area contributed by atoms with Crippen LogP contribution in [0.4, 0.5) is 11.4 Å². The van der Waals surface area contributed by atoms with Gasteiger partial charge in [-0.3, -0.25) is 15.0 Å². The zero-order valence-electron chi connectivity index (χ0n) is 10.5. The molecule has 0 aromatic heterocycles. The molecule has 1 aromatic carbocycles. The van der Waals surface area contributed by atoms with Crippen molar-refractivity contribution < 1.29 is 10.0 Å². The summed E-state index contributed by atoms with van der Waals surface area (Å²) in [6.45, 7) is 4.49. The van der Waals surface area contributed by atoms with Gasteiger partial charge in [0.1, 0.15) is 0 Å². The Labute approximate surface area is 125 Å². The Morgan fingerprint density at radius 2 is 2.00 bits per heavy atom. The van der Waals surface area contributed by atoms with Gasteiger partial charge in [-0.1, -0.05) is 0 Å². The summed E-state index contributed by atoms with van der Waals surface area (Å²) in [5.41, 5.74) is 1.18. The molecule has 0 saturated carbocycles. The molecule has 0 amide bonds. The summed E-state index contributed by atoms with van der Waals surface area (Å²) in [5.74, 6) is 0. The van der Waals surface area contributed by atoms with Crippen LogP contribution in [0.25, 0.3) is 0 Å². The maximum Gasteiger partial charge on any atom is 0.270 e. The lowest BCUT2D eigenvalue weighted by molar-refractivity contribution is -0.384. The molecule has 1 saturated heterocycles. The van der Waals surface area contributed by atoms with Gasteiger partial charge >= 0.3 is 0 Å². The van der Waals surface area contributed by atoms with E-state index < -0.39 is 0 Å². The number of piperazine rings is 1. The average Bonchev–Trinajstić information content (AvgIpc) is 2.40. The van der Waals surface area contributed by atoms with Crippen molar-refractivity contribution in [3.8, 4) is 0 Å². The molecule has 104 valence electrons. The van der Waals surface area contributed by atoms with Crippen LogP contribution < -0.4 is 4.90 Å². The monoisotopic (exact) mass is 377 g/mol. The van der Waals surface area contributed by atoms with Gasteiger partial charge in [0.2, 0.25) is 0 Å². The smallest absolute Gasteiger partial charge is 0.270 e. The number of nitrogens with zero attached hydrogens (tertiary/aromatic N) is 3. The number of nitro benzene ring substituents is 1. The molecule has 0 radical (unpaired) electrons. The number of anilines is 1. The minimum absolute atomic E-state index is 0.132. The fraction of sp³-hybridized carbons (Fsp3) is 0.500. The quantitative estimate of drug-likeness (QED) is 0.487. The molecule has 1 heterocycles. The Balaban J connectivity index is 2.05. The number of hydrogen-bond acceptors (Lipinski definition) is 5. The highest BCUT2D eigenvalue weighted by molar-refractivity contribution is 14.1. The number of β-amino-alcohol motifs (C(OH)–C–C–N with tert-alkyl or cyclic N) is 1. The lowest BCUT2D eigenvalue weighted by Gasteiger charge is -2.36. The van der Waals surface area contributed by atoms with E-state index in [-0.39, 0.29) is 17.2 Å². The molecule has 1 N–H and O–H groups in total. The first-order valence-corrected chi connectivity index (χ1v) is 7.22. The van der Waals surface area contributed by atoms with Gasteiger partial charge in [0.15, 0.2) is 0 Å². The van der Waals surface area contributed by atoms with Crippen LogP contribution in [-0.2, 0) is 0 Å². The summed E-state index contributed by atoms with van der Waals surface area (Å²) in [6, 6.07) is 4.98. The van der Waals surface area contributed by atoms with Crippen LogP contribution in [0.15, 0.2) is 18.2 Å². The van der Waals surface area contributed by atoms with Gasteiger partial charge in [-0.05, 0) is 28.7 Å². The topological polar surface area (TPSA) is 69.9 Å². The second kappa shape index (κ2) is 6.49. The summed E-state index contributed by atoms with van der Waals surface area (Å²) < 4.78 is 0.905. The molecule has 7 heteroatoms. The highest BCUT2D eigenvalue weighted by Gasteiger charge is 2.19. The van der Waals surface area contributed by atoms with Crippen LogP contribution >= 0.6 is 22.6 Å². The van der Waals surface area contributed by atoms with Gasteiger partial charge < -0.3 is 10.0 Å². The Morgan fingerprint density at radius 1 is 1.32 bits per heavy atom. The van der Waals surface area contributed by atoms with Crippen molar-refractivity contribution in [1.29, 1.82) is 0 Å². The van der Waals surface area contributed by atoms with Gasteiger partial charge in [-0.25, -0.2) is 0 Å². The molecule has 0 bridgehead atoms. The van der Waals surface area contributed by atoms with Crippen LogP contribution in [0.5, 0.6) is 0 Å². The summed E-state index contributed by atoms with van der Waals surface area (Å²) in [7, 11) is 0. The van der Waals surface area contributed by atoms with Crippen molar-refractivity contribution in [2.45, 2.75) is 0 Å². The van der Waals surface area contributed by atoms with Crippen molar-refractivity contribution in [2.75, 3.05) is 44.2 Å². The number of benzene rings is 1. The van der Waals surface area contributed by atoms with Crippen LogP contribution in [-0.4, -0.2) is 54.3 Å². The van der Waals surface area contributed by atoms with Crippen molar-refractivity contribution in [1.82, 2.24) is 4.90 Å². The van der Waals surface area contributed by atoms with Gasteiger partial charge in [-0.2, -0.15) is 0 Å². The lowest BCUT2D eigenvalue weighted by Crippen LogP contribution is -2.47. The Hall–Kier alpha value is -0.930. The zero-order chi connectivity index (χ0) is 13.8. The summed E-state index contributed by atoms with van der Waals surface area (Å²) in [5, 5.41) is 19.6. The zero-order valence-corrected chi connectivity index (χ0v) is 12.6. The van der Waals surface area contributed by atoms with Gasteiger partial charge in [0, 0.05) is 48.4 Å². The van der Waals surface area contributed by atoms with E-state index in [1.54, 1.807) is 12.1 Å². The van der Waals surface area contributed by atoms with E-state index in [0.29, 0.717) is 6.54 Å². The molecule has 0 spiro atoms. The van der Waals surface area contributed by atoms with Crippen molar-refractivity contribution in [3.63, 3.8) is 0 Å². The molecule has 0 aliphatic carbocycles. The number of hydrogen-bond donors (Lipinski definition) is 1. The number of aliphatic hydroxyl groups excluding tert-OH is 1. The number of aliphatic hydroxyl groups is 1. The van der Waals surface area contributed by atoms with E-state index in [1.807, 2.05) is 6.07 Å². The van der Waals surface area contributed by atoms with Crippen molar-refractivity contribution >= 4 is 34.0 Å². The second-order valence-corrected chi connectivity index (χ2v) is 5.61. The summed E-state index contributed by atoms with van der Waals surface area (Å²) in [4.78, 5) is 14.8. The van der Waals surface area contributed by atoms with E-state index in [4.69, 9.17) is 5.11 Å². The van der Waals surface area contributed by atoms with E-state index >= 15 is 0 Å². The molecular weight excluding hydrogens is 361 g/mol. The normalized spacial score (nSPS) is 16.6. The molecule has 1 aliphatic rings. The first kappa shape index (κ1) is 14.5. The largest absolute Gasteiger partial charge is 0.395 e. The predicted molar refractivity (Wildman–Crippen MR) is 81.6 cm³/mol. The fourth-order valence-corrected chi connectivity index (χ4v) is 3.06. The molecule has 6 nitrogen and oxygen atoms in total. The maximum absolute atomic E-state index is 10.7. The Bertz CT molecular complexity index is 462. The third-order valence-corrected chi connectivity index (χ3v) is 4.14. The Kier molecular flexibility index (Phi) is 4.94. The molecule has 1 aromatic rings. The van der Waals surface area contributed by atoms with Crippen molar-refractivity contribution in [2.24, 2.45) is 0 Å². The first-order chi connectivity index (χ1) is 9.11. The summed E-state index contributed by atoms with van der Waals surface area (Å²) in [6.07, 6.45) is 0. The number of halogens is 1. The standard InChI is InChI=1S/C12H16IN3O3/c13-11-9-10(16(18)19)1-2-12(11)15-5-3-14(4-6-15)7-8-17/h1-2,9,17H,3-8H2. The molecule has 1 aliphatic heterocycles. The Morgan fingerprint density at radius 3 is 2.53 bits per heavy atom. The van der Waals surface area contributed by atoms with Gasteiger partial charge in [0.25, 0.3) is 5.69 Å². The van der Waals surface area contributed by atoms with E-state index in [2.05, 4.69) is 32.4 Å². The second-order valence-electron chi connectivity index (χ2n) is 4.45. The number of non-ortho nitro benzene ring substituents is 1. The number of nitro groups is 1. The highest BCUT2D eigenvalue weighted by Crippen LogP contribution is 2.27. The van der Waals surface area contributed by atoms with Crippen LogP contribution in [0.2, 0.25) is 0 Å². The molecule has 0 atom stereocenters. The van der Waals surface area contributed by atoms with E-state index in [0.717, 1.165) is 35.4 Å². The van der Waals surface area contributed by atoms with Crippen LogP contribution in [0.3, 0.4) is 0 Å². The van der Waals surface area contributed by atoms with Gasteiger partial charge in [0.05, 0.1) is 17.2 Å². The molecule has 0 unspecified atom stereocenters. The molecule has 19 heavy (non-hydrogen) atoms. The number of rotatable bonds is 4. The SMILES string of the molecule is O=[N+]([O-])c1ccc(N2CCN(CCO)CC2)c(I)c1. The first-order valence-electron chi connectivity index (χ1n) is 6.14. The molecule has 2 rings (SSSR count). The van der Waals surface area contributed by atoms with Crippen LogP contribution in [0, 0.1) is 13.7 Å². The maximum atomic E-state index is 10.7. The lowest BCUT2D eigenvalue weighted by atomic mass is 10.2.